The Bertz CT molecular complexity index is 423. The van der Waals surface area contributed by atoms with Gasteiger partial charge in [-0.15, -0.1) is 5.10 Å². The smallest absolute Gasteiger partial charge is 0.265 e. The van der Waals surface area contributed by atoms with Gasteiger partial charge < -0.3 is 15.2 Å². The van der Waals surface area contributed by atoms with Crippen LogP contribution in [0.5, 0.6) is 0 Å². The predicted octanol–water partition coefficient (Wildman–Crippen LogP) is 0.116. The maximum Gasteiger partial charge on any atom is 0.265 e. The van der Waals surface area contributed by atoms with Gasteiger partial charge in [0.25, 0.3) is 5.91 Å². The number of nitrogens with one attached hydrogen (secondary N) is 1. The van der Waals surface area contributed by atoms with Crippen molar-refractivity contribution in [2.45, 2.75) is 32.0 Å². The number of amides is 1. The summed E-state index contributed by atoms with van der Waals surface area (Å²) in [6.45, 7) is 4.24. The molecule has 7 heteroatoms. The molecule has 2 unspecified atom stereocenters. The van der Waals surface area contributed by atoms with Gasteiger partial charge in [0.05, 0.1) is 11.8 Å². The average Bonchev–Trinajstić information content (AvgIpc) is 2.84. The van der Waals surface area contributed by atoms with Crippen molar-refractivity contribution in [1.29, 1.82) is 0 Å². The Hall–Kier alpha value is -1.05. The van der Waals surface area contributed by atoms with E-state index < -0.39 is 5.60 Å². The molecule has 0 spiro atoms. The summed E-state index contributed by atoms with van der Waals surface area (Å²) in [4.78, 5) is 12.3. The number of hydrogen-bond donors (Lipinski definition) is 2. The van der Waals surface area contributed by atoms with Crippen molar-refractivity contribution in [3.63, 3.8) is 0 Å². The Morgan fingerprint density at radius 3 is 3.06 bits per heavy atom. The highest BCUT2D eigenvalue weighted by atomic mass is 32.1. The lowest BCUT2D eigenvalue weighted by molar-refractivity contribution is -0.0251. The van der Waals surface area contributed by atoms with Crippen LogP contribution in [0.4, 0.5) is 0 Å². The molecule has 0 radical (unpaired) electrons. The molecule has 2 heterocycles. The van der Waals surface area contributed by atoms with Crippen molar-refractivity contribution in [2.75, 3.05) is 13.2 Å². The Labute approximate surface area is 103 Å². The van der Waals surface area contributed by atoms with Gasteiger partial charge in [0.1, 0.15) is 10.5 Å². The lowest BCUT2D eigenvalue weighted by atomic mass is 9.97. The average molecular weight is 257 g/mol. The van der Waals surface area contributed by atoms with Gasteiger partial charge in [-0.25, -0.2) is 0 Å². The summed E-state index contributed by atoms with van der Waals surface area (Å²) in [6, 6.07) is 0. The fraction of sp³-hybridized carbons (Fsp3) is 0.700. The van der Waals surface area contributed by atoms with E-state index in [1.807, 2.05) is 0 Å². The van der Waals surface area contributed by atoms with Crippen LogP contribution in [0.2, 0.25) is 0 Å². The second kappa shape index (κ2) is 4.67. The molecule has 0 bridgehead atoms. The van der Waals surface area contributed by atoms with Gasteiger partial charge in [0, 0.05) is 19.6 Å². The van der Waals surface area contributed by atoms with E-state index in [1.54, 1.807) is 13.8 Å². The maximum atomic E-state index is 11.8. The number of rotatable bonds is 3. The standard InChI is InChI=1S/C10H15N3O3S/c1-6-8(17-13-12-6)9(14)11-5-10(15)3-4-16-7(10)2/h7,15H,3-5H2,1-2H3,(H,11,14). The lowest BCUT2D eigenvalue weighted by Crippen LogP contribution is -2.47. The van der Waals surface area contributed by atoms with Crippen molar-refractivity contribution < 1.29 is 14.6 Å². The van der Waals surface area contributed by atoms with Crippen molar-refractivity contribution in [1.82, 2.24) is 14.9 Å². The minimum absolute atomic E-state index is 0.185. The van der Waals surface area contributed by atoms with Gasteiger partial charge in [-0.3, -0.25) is 4.79 Å². The molecule has 0 saturated carbocycles. The number of aryl methyl sites for hydroxylation is 1. The Kier molecular flexibility index (Phi) is 3.41. The van der Waals surface area contributed by atoms with Gasteiger partial charge in [-0.2, -0.15) is 0 Å². The molecule has 1 aliphatic heterocycles. The molecule has 1 aromatic rings. The number of hydrogen-bond acceptors (Lipinski definition) is 6. The highest BCUT2D eigenvalue weighted by Gasteiger charge is 2.39. The first-order valence-electron chi connectivity index (χ1n) is 5.44. The summed E-state index contributed by atoms with van der Waals surface area (Å²) in [6.07, 6.45) is 0.275. The van der Waals surface area contributed by atoms with Gasteiger partial charge in [0.15, 0.2) is 0 Å². The summed E-state index contributed by atoms with van der Waals surface area (Å²) < 4.78 is 8.99. The molecule has 1 aliphatic rings. The van der Waals surface area contributed by atoms with Gasteiger partial charge in [0.2, 0.25) is 0 Å². The van der Waals surface area contributed by atoms with Crippen LogP contribution in [0.25, 0.3) is 0 Å². The first-order chi connectivity index (χ1) is 8.03. The monoisotopic (exact) mass is 257 g/mol. The summed E-state index contributed by atoms with van der Waals surface area (Å²) in [5.74, 6) is -0.245. The summed E-state index contributed by atoms with van der Waals surface area (Å²) in [5, 5.41) is 16.7. The van der Waals surface area contributed by atoms with Crippen molar-refractivity contribution in [2.24, 2.45) is 0 Å². The first kappa shape index (κ1) is 12.4. The second-order valence-corrected chi connectivity index (χ2v) is 4.99. The van der Waals surface area contributed by atoms with E-state index in [0.717, 1.165) is 11.5 Å². The molecular weight excluding hydrogens is 242 g/mol. The molecule has 0 aromatic carbocycles. The Morgan fingerprint density at radius 2 is 2.53 bits per heavy atom. The molecule has 6 nitrogen and oxygen atoms in total. The van der Waals surface area contributed by atoms with E-state index in [-0.39, 0.29) is 18.6 Å². The zero-order valence-electron chi connectivity index (χ0n) is 9.77. The van der Waals surface area contributed by atoms with E-state index in [2.05, 4.69) is 14.9 Å². The summed E-state index contributed by atoms with van der Waals surface area (Å²) in [5.41, 5.74) is -0.364. The van der Waals surface area contributed by atoms with E-state index in [1.165, 1.54) is 0 Å². The summed E-state index contributed by atoms with van der Waals surface area (Å²) >= 11 is 1.05. The van der Waals surface area contributed by atoms with Crippen LogP contribution in [-0.4, -0.2) is 45.5 Å². The number of ether oxygens (including phenoxy) is 1. The SMILES string of the molecule is Cc1nnsc1C(=O)NCC1(O)CCOC1C. The Balaban J connectivity index is 1.95. The fourth-order valence-electron chi connectivity index (χ4n) is 1.76. The van der Waals surface area contributed by atoms with Crippen LogP contribution < -0.4 is 5.32 Å². The number of carbonyl (C=O) groups is 1. The number of aliphatic hydroxyl groups is 1. The highest BCUT2D eigenvalue weighted by molar-refractivity contribution is 7.07. The second-order valence-electron chi connectivity index (χ2n) is 4.24. The predicted molar refractivity (Wildman–Crippen MR) is 62.0 cm³/mol. The van der Waals surface area contributed by atoms with Crippen molar-refractivity contribution in [3.8, 4) is 0 Å². The van der Waals surface area contributed by atoms with E-state index in [9.17, 15) is 9.90 Å². The number of nitrogens with zero attached hydrogens (tertiary/aromatic N) is 2. The third-order valence-corrected chi connectivity index (χ3v) is 3.90. The normalized spacial score (nSPS) is 28.3. The molecule has 2 rings (SSSR count). The zero-order valence-corrected chi connectivity index (χ0v) is 10.6. The van der Waals surface area contributed by atoms with E-state index in [0.29, 0.717) is 23.6 Å². The molecule has 1 fully saturated rings. The molecule has 94 valence electrons. The minimum atomic E-state index is -0.971. The first-order valence-corrected chi connectivity index (χ1v) is 6.21. The molecule has 2 N–H and O–H groups in total. The largest absolute Gasteiger partial charge is 0.385 e. The van der Waals surface area contributed by atoms with Gasteiger partial charge in [-0.1, -0.05) is 4.49 Å². The van der Waals surface area contributed by atoms with Crippen molar-refractivity contribution in [3.05, 3.63) is 10.6 Å². The third kappa shape index (κ3) is 2.46. The topological polar surface area (TPSA) is 84.3 Å². The Morgan fingerprint density at radius 1 is 1.76 bits per heavy atom. The fourth-order valence-corrected chi connectivity index (χ4v) is 2.33. The van der Waals surface area contributed by atoms with Crippen LogP contribution in [0.15, 0.2) is 0 Å². The lowest BCUT2D eigenvalue weighted by Gasteiger charge is -2.25. The van der Waals surface area contributed by atoms with Crippen LogP contribution in [-0.2, 0) is 4.74 Å². The van der Waals surface area contributed by atoms with Gasteiger partial charge >= 0.3 is 0 Å². The number of carbonyl (C=O) groups excluding carboxylic acids is 1. The third-order valence-electron chi connectivity index (χ3n) is 3.07. The molecule has 1 aromatic heterocycles. The molecule has 0 aliphatic carbocycles. The van der Waals surface area contributed by atoms with Crippen LogP contribution in [0.3, 0.4) is 0 Å². The highest BCUT2D eigenvalue weighted by Crippen LogP contribution is 2.24. The zero-order chi connectivity index (χ0) is 12.5. The van der Waals surface area contributed by atoms with Crippen LogP contribution >= 0.6 is 11.5 Å². The molecule has 2 atom stereocenters. The van der Waals surface area contributed by atoms with Crippen LogP contribution in [0, 0.1) is 6.92 Å². The van der Waals surface area contributed by atoms with Gasteiger partial charge in [-0.05, 0) is 25.4 Å². The quantitative estimate of drug-likeness (QED) is 0.803. The van der Waals surface area contributed by atoms with E-state index in [4.69, 9.17) is 4.74 Å². The molecular formula is C10H15N3O3S. The molecule has 1 amide bonds. The van der Waals surface area contributed by atoms with E-state index >= 15 is 0 Å². The van der Waals surface area contributed by atoms with Crippen LogP contribution in [0.1, 0.15) is 28.7 Å². The molecule has 17 heavy (non-hydrogen) atoms. The maximum absolute atomic E-state index is 11.8. The molecule has 1 saturated heterocycles. The summed E-state index contributed by atoms with van der Waals surface area (Å²) in [7, 11) is 0. The minimum Gasteiger partial charge on any atom is -0.385 e. The van der Waals surface area contributed by atoms with Crippen molar-refractivity contribution >= 4 is 17.4 Å². The number of aromatic nitrogens is 2.